The van der Waals surface area contributed by atoms with Gasteiger partial charge in [-0.1, -0.05) is 12.1 Å². The Hall–Kier alpha value is -2.68. The molecule has 0 bridgehead atoms. The second-order valence-corrected chi connectivity index (χ2v) is 5.96. The highest BCUT2D eigenvalue weighted by Gasteiger charge is 2.40. The van der Waals surface area contributed by atoms with Crippen molar-refractivity contribution >= 4 is 10.9 Å². The highest BCUT2D eigenvalue weighted by Crippen LogP contribution is 2.40. The highest BCUT2D eigenvalue weighted by atomic mass is 19.4. The van der Waals surface area contributed by atoms with Gasteiger partial charge in [-0.3, -0.25) is 4.98 Å². The van der Waals surface area contributed by atoms with Gasteiger partial charge in [-0.2, -0.15) is 26.3 Å². The molecule has 9 heteroatoms. The lowest BCUT2D eigenvalue weighted by molar-refractivity contribution is -0.149. The summed E-state index contributed by atoms with van der Waals surface area (Å²) in [5, 5.41) is -0.0789. The summed E-state index contributed by atoms with van der Waals surface area (Å²) in [6, 6.07) is 4.73. The fraction of sp³-hybridized carbons (Fsp3) is 0.222. The van der Waals surface area contributed by atoms with Crippen molar-refractivity contribution in [2.24, 2.45) is 5.73 Å². The molecule has 0 fully saturated rings. The molecule has 0 saturated carbocycles. The maximum atomic E-state index is 13.3. The molecule has 2 aromatic heterocycles. The minimum atomic E-state index is -4.79. The van der Waals surface area contributed by atoms with E-state index in [0.717, 1.165) is 18.2 Å². The van der Waals surface area contributed by atoms with E-state index in [-0.39, 0.29) is 16.6 Å². The van der Waals surface area contributed by atoms with Gasteiger partial charge in [0, 0.05) is 28.4 Å². The third-order valence-electron chi connectivity index (χ3n) is 4.13. The summed E-state index contributed by atoms with van der Waals surface area (Å²) < 4.78 is 79.7. The van der Waals surface area contributed by atoms with Gasteiger partial charge in [0.2, 0.25) is 0 Å². The number of fused-ring (bicyclic) bond motifs is 1. The number of aryl methyl sites for hydroxylation is 1. The van der Waals surface area contributed by atoms with Crippen LogP contribution in [0.25, 0.3) is 22.2 Å². The topological polar surface area (TPSA) is 51.8 Å². The average molecular weight is 385 g/mol. The Bertz CT molecular complexity index is 995. The van der Waals surface area contributed by atoms with Crippen molar-refractivity contribution in [1.29, 1.82) is 0 Å². The van der Waals surface area contributed by atoms with E-state index in [1.807, 2.05) is 0 Å². The van der Waals surface area contributed by atoms with Gasteiger partial charge in [0.15, 0.2) is 0 Å². The van der Waals surface area contributed by atoms with Crippen LogP contribution >= 0.6 is 0 Å². The zero-order chi connectivity index (χ0) is 20.0. The van der Waals surface area contributed by atoms with Crippen molar-refractivity contribution < 1.29 is 26.3 Å². The molecule has 0 radical (unpaired) electrons. The predicted octanol–water partition coefficient (Wildman–Crippen LogP) is 5.19. The molecule has 3 rings (SSSR count). The van der Waals surface area contributed by atoms with Gasteiger partial charge in [0.05, 0.1) is 16.8 Å². The Morgan fingerprint density at radius 3 is 2.30 bits per heavy atom. The molecule has 2 heterocycles. The lowest BCUT2D eigenvalue weighted by Gasteiger charge is -2.21. The van der Waals surface area contributed by atoms with Crippen LogP contribution in [0.5, 0.6) is 0 Å². The molecule has 0 spiro atoms. The zero-order valence-electron chi connectivity index (χ0n) is 13.9. The van der Waals surface area contributed by atoms with Gasteiger partial charge in [-0.05, 0) is 31.2 Å². The second-order valence-electron chi connectivity index (χ2n) is 5.96. The summed E-state index contributed by atoms with van der Waals surface area (Å²) in [6.45, 7) is 1.53. The van der Waals surface area contributed by atoms with Crippen LogP contribution < -0.4 is 5.73 Å². The second kappa shape index (κ2) is 6.49. The van der Waals surface area contributed by atoms with Crippen LogP contribution in [-0.2, 0) is 6.18 Å². The Labute approximate surface area is 149 Å². The summed E-state index contributed by atoms with van der Waals surface area (Å²) in [5.41, 5.74) is 3.72. The Balaban J connectivity index is 2.40. The Kier molecular flexibility index (Phi) is 4.59. The largest absolute Gasteiger partial charge is 0.418 e. The molecule has 27 heavy (non-hydrogen) atoms. The van der Waals surface area contributed by atoms with E-state index in [1.165, 1.54) is 31.3 Å². The lowest BCUT2D eigenvalue weighted by atomic mass is 9.96. The molecule has 0 aliphatic heterocycles. The Morgan fingerprint density at radius 2 is 1.70 bits per heavy atom. The van der Waals surface area contributed by atoms with Gasteiger partial charge in [-0.25, -0.2) is 4.98 Å². The maximum absolute atomic E-state index is 13.3. The monoisotopic (exact) mass is 385 g/mol. The van der Waals surface area contributed by atoms with Gasteiger partial charge in [0.1, 0.15) is 6.04 Å². The van der Waals surface area contributed by atoms with Gasteiger partial charge < -0.3 is 5.73 Å². The highest BCUT2D eigenvalue weighted by molar-refractivity contribution is 5.87. The first-order chi connectivity index (χ1) is 12.5. The van der Waals surface area contributed by atoms with Crippen LogP contribution in [0.15, 0.2) is 42.6 Å². The van der Waals surface area contributed by atoms with Gasteiger partial charge in [0.25, 0.3) is 0 Å². The Morgan fingerprint density at radius 1 is 1.00 bits per heavy atom. The van der Waals surface area contributed by atoms with Crippen LogP contribution in [0.3, 0.4) is 0 Å². The van der Waals surface area contributed by atoms with E-state index >= 15 is 0 Å². The molecule has 0 amide bonds. The van der Waals surface area contributed by atoms with Crippen LogP contribution in [-0.4, -0.2) is 16.1 Å². The average Bonchev–Trinajstić information content (AvgIpc) is 2.58. The van der Waals surface area contributed by atoms with Crippen molar-refractivity contribution in [2.45, 2.75) is 25.3 Å². The fourth-order valence-electron chi connectivity index (χ4n) is 2.81. The third kappa shape index (κ3) is 3.59. The molecule has 0 saturated heterocycles. The van der Waals surface area contributed by atoms with Crippen LogP contribution in [0, 0.1) is 6.92 Å². The molecule has 3 nitrogen and oxygen atoms in total. The van der Waals surface area contributed by atoms with Crippen molar-refractivity contribution in [3.63, 3.8) is 0 Å². The molecule has 0 aliphatic rings. The summed E-state index contributed by atoms with van der Waals surface area (Å²) in [6.07, 6.45) is -8.08. The van der Waals surface area contributed by atoms with E-state index in [1.54, 1.807) is 0 Å². The van der Waals surface area contributed by atoms with Crippen LogP contribution in [0.1, 0.15) is 22.9 Å². The van der Waals surface area contributed by atoms with Crippen molar-refractivity contribution in [3.05, 3.63) is 59.4 Å². The minimum Gasteiger partial charge on any atom is -0.316 e. The molecule has 2 N–H and O–H groups in total. The standard InChI is InChI=1S/C18H13F6N3/c1-9-11(5-3-7-26-9)15-12(16(25)18(22,23)24)8-10-4-2-6-13(14(10)27-15)17(19,20)21/h2-8,16H,25H2,1H3/t16-/m1/s1. The van der Waals surface area contributed by atoms with Crippen LogP contribution in [0.4, 0.5) is 26.3 Å². The first kappa shape index (κ1) is 19.1. The fourth-order valence-corrected chi connectivity index (χ4v) is 2.81. The normalized spacial score (nSPS) is 13.8. The lowest BCUT2D eigenvalue weighted by Crippen LogP contribution is -2.29. The van der Waals surface area contributed by atoms with E-state index in [2.05, 4.69) is 9.97 Å². The number of halogens is 6. The number of pyridine rings is 2. The summed E-state index contributed by atoms with van der Waals surface area (Å²) in [4.78, 5) is 7.95. The molecule has 142 valence electrons. The van der Waals surface area contributed by atoms with E-state index in [9.17, 15) is 26.3 Å². The number of alkyl halides is 6. The number of aromatic nitrogens is 2. The van der Waals surface area contributed by atoms with Gasteiger partial charge >= 0.3 is 12.4 Å². The number of nitrogens with zero attached hydrogens (tertiary/aromatic N) is 2. The number of para-hydroxylation sites is 1. The smallest absolute Gasteiger partial charge is 0.316 e. The molecular formula is C18H13F6N3. The number of rotatable bonds is 2. The van der Waals surface area contributed by atoms with Crippen molar-refractivity contribution in [1.82, 2.24) is 9.97 Å². The first-order valence-corrected chi connectivity index (χ1v) is 7.75. The van der Waals surface area contributed by atoms with E-state index in [4.69, 9.17) is 5.73 Å². The first-order valence-electron chi connectivity index (χ1n) is 7.75. The molecular weight excluding hydrogens is 372 g/mol. The molecule has 1 aromatic carbocycles. The quantitative estimate of drug-likeness (QED) is 0.618. The predicted molar refractivity (Wildman–Crippen MR) is 87.7 cm³/mol. The summed E-state index contributed by atoms with van der Waals surface area (Å²) in [5.74, 6) is 0. The maximum Gasteiger partial charge on any atom is 0.418 e. The molecule has 3 aromatic rings. The number of hydrogen-bond acceptors (Lipinski definition) is 3. The minimum absolute atomic E-state index is 0.0789. The summed E-state index contributed by atoms with van der Waals surface area (Å²) >= 11 is 0. The molecule has 0 unspecified atom stereocenters. The van der Waals surface area contributed by atoms with Crippen LogP contribution in [0.2, 0.25) is 0 Å². The zero-order valence-corrected chi connectivity index (χ0v) is 13.9. The van der Waals surface area contributed by atoms with E-state index in [0.29, 0.717) is 5.69 Å². The molecule has 0 aliphatic carbocycles. The van der Waals surface area contributed by atoms with Crippen molar-refractivity contribution in [2.75, 3.05) is 0 Å². The number of hydrogen-bond donors (Lipinski definition) is 1. The number of benzene rings is 1. The number of nitrogens with two attached hydrogens (primary N) is 1. The van der Waals surface area contributed by atoms with E-state index < -0.39 is 35.0 Å². The van der Waals surface area contributed by atoms with Crippen molar-refractivity contribution in [3.8, 4) is 11.3 Å². The summed E-state index contributed by atoms with van der Waals surface area (Å²) in [7, 11) is 0. The SMILES string of the molecule is Cc1ncccc1-c1nc2c(C(F)(F)F)cccc2cc1[C@@H](N)C(F)(F)F. The van der Waals surface area contributed by atoms with Gasteiger partial charge in [-0.15, -0.1) is 0 Å². The third-order valence-corrected chi connectivity index (χ3v) is 4.13. The molecule has 1 atom stereocenters.